The van der Waals surface area contributed by atoms with Crippen molar-refractivity contribution in [3.63, 3.8) is 0 Å². The summed E-state index contributed by atoms with van der Waals surface area (Å²) in [5.74, 6) is 0.113. The molecular formula is C17H17ClFN3O3S. The van der Waals surface area contributed by atoms with E-state index in [-0.39, 0.29) is 22.1 Å². The molecule has 6 nitrogen and oxygen atoms in total. The molecule has 0 unspecified atom stereocenters. The van der Waals surface area contributed by atoms with E-state index in [2.05, 4.69) is 16.2 Å². The third-order valence-corrected chi connectivity index (χ3v) is 3.88. The molecule has 0 saturated heterocycles. The molecule has 2 aromatic rings. The van der Waals surface area contributed by atoms with Crippen molar-refractivity contribution in [2.75, 3.05) is 19.5 Å². The second kappa shape index (κ2) is 9.21. The van der Waals surface area contributed by atoms with Crippen molar-refractivity contribution in [2.24, 2.45) is 0 Å². The zero-order valence-electron chi connectivity index (χ0n) is 14.1. The molecule has 0 radical (unpaired) electrons. The van der Waals surface area contributed by atoms with Crippen molar-refractivity contribution in [3.8, 4) is 11.5 Å². The highest BCUT2D eigenvalue weighted by Gasteiger charge is 2.12. The van der Waals surface area contributed by atoms with Crippen molar-refractivity contribution < 1.29 is 18.7 Å². The summed E-state index contributed by atoms with van der Waals surface area (Å²) in [6.07, 6.45) is -0.228. The van der Waals surface area contributed by atoms with Gasteiger partial charge in [-0.2, -0.15) is 0 Å². The van der Waals surface area contributed by atoms with Gasteiger partial charge in [0.15, 0.2) is 5.11 Å². The van der Waals surface area contributed by atoms with E-state index < -0.39 is 11.7 Å². The van der Waals surface area contributed by atoms with Crippen molar-refractivity contribution >= 4 is 40.5 Å². The van der Waals surface area contributed by atoms with Crippen LogP contribution in [0.5, 0.6) is 11.5 Å². The fraction of sp³-hybridized carbons (Fsp3) is 0.176. The second-order valence-corrected chi connectivity index (χ2v) is 5.92. The summed E-state index contributed by atoms with van der Waals surface area (Å²) in [6, 6.07) is 9.35. The molecule has 0 aliphatic heterocycles. The van der Waals surface area contributed by atoms with Crippen LogP contribution < -0.4 is 25.6 Å². The van der Waals surface area contributed by atoms with E-state index >= 15 is 0 Å². The van der Waals surface area contributed by atoms with Crippen molar-refractivity contribution in [3.05, 3.63) is 52.8 Å². The molecule has 0 fully saturated rings. The van der Waals surface area contributed by atoms with Crippen LogP contribution >= 0.6 is 23.8 Å². The molecule has 0 atom stereocenters. The molecule has 2 rings (SSSR count). The van der Waals surface area contributed by atoms with Crippen molar-refractivity contribution in [2.45, 2.75) is 6.42 Å². The van der Waals surface area contributed by atoms with Crippen LogP contribution in [-0.2, 0) is 11.2 Å². The number of carbonyl (C=O) groups is 1. The number of hydrazine groups is 1. The topological polar surface area (TPSA) is 71.6 Å². The van der Waals surface area contributed by atoms with E-state index in [9.17, 15) is 9.18 Å². The molecule has 138 valence electrons. The van der Waals surface area contributed by atoms with Crippen LogP contribution in [0.25, 0.3) is 0 Å². The molecule has 9 heteroatoms. The Morgan fingerprint density at radius 1 is 1.15 bits per heavy atom. The van der Waals surface area contributed by atoms with E-state index in [0.29, 0.717) is 17.2 Å². The van der Waals surface area contributed by atoms with Crippen LogP contribution in [-0.4, -0.2) is 25.2 Å². The first kappa shape index (κ1) is 19.7. The predicted molar refractivity (Wildman–Crippen MR) is 102 cm³/mol. The van der Waals surface area contributed by atoms with E-state index in [1.165, 1.54) is 32.4 Å². The van der Waals surface area contributed by atoms with Crippen LogP contribution in [0.3, 0.4) is 0 Å². The number of rotatable bonds is 5. The summed E-state index contributed by atoms with van der Waals surface area (Å²) in [4.78, 5) is 11.9. The number of hydrogen-bond acceptors (Lipinski definition) is 4. The van der Waals surface area contributed by atoms with Gasteiger partial charge >= 0.3 is 0 Å². The maximum atomic E-state index is 13.7. The molecule has 0 spiro atoms. The Morgan fingerprint density at radius 2 is 1.81 bits per heavy atom. The van der Waals surface area contributed by atoms with E-state index in [0.717, 1.165) is 0 Å². The minimum absolute atomic E-state index is 0.116. The number of amides is 1. The van der Waals surface area contributed by atoms with E-state index in [1.807, 2.05) is 0 Å². The van der Waals surface area contributed by atoms with E-state index in [4.69, 9.17) is 33.3 Å². The molecule has 0 bridgehead atoms. The van der Waals surface area contributed by atoms with Crippen LogP contribution in [0.15, 0.2) is 36.4 Å². The van der Waals surface area contributed by atoms with Gasteiger partial charge in [-0.3, -0.25) is 15.6 Å². The van der Waals surface area contributed by atoms with Gasteiger partial charge in [-0.05, 0) is 24.4 Å². The molecule has 0 saturated carbocycles. The Balaban J connectivity index is 1.91. The predicted octanol–water partition coefficient (Wildman–Crippen LogP) is 3.06. The molecule has 0 aromatic heterocycles. The van der Waals surface area contributed by atoms with Gasteiger partial charge in [-0.15, -0.1) is 0 Å². The lowest BCUT2D eigenvalue weighted by molar-refractivity contribution is -0.121. The number of ether oxygens (including phenoxy) is 2. The van der Waals surface area contributed by atoms with Gasteiger partial charge in [0, 0.05) is 34.5 Å². The average molecular weight is 398 g/mol. The van der Waals surface area contributed by atoms with E-state index in [1.54, 1.807) is 18.2 Å². The Labute approximate surface area is 160 Å². The highest BCUT2D eigenvalue weighted by Crippen LogP contribution is 2.25. The lowest BCUT2D eigenvalue weighted by Gasteiger charge is -2.14. The largest absolute Gasteiger partial charge is 0.497 e. The lowest BCUT2D eigenvalue weighted by atomic mass is 10.1. The molecule has 26 heavy (non-hydrogen) atoms. The molecular weight excluding hydrogens is 381 g/mol. The number of methoxy groups -OCH3 is 2. The second-order valence-electron chi connectivity index (χ2n) is 5.11. The molecule has 0 aliphatic rings. The summed E-state index contributed by atoms with van der Waals surface area (Å²) in [5, 5.41) is 3.20. The van der Waals surface area contributed by atoms with Gasteiger partial charge in [0.25, 0.3) is 0 Å². The highest BCUT2D eigenvalue weighted by atomic mass is 35.5. The van der Waals surface area contributed by atoms with Gasteiger partial charge in [-0.25, -0.2) is 4.39 Å². The highest BCUT2D eigenvalue weighted by molar-refractivity contribution is 7.80. The van der Waals surface area contributed by atoms with Gasteiger partial charge in [0.1, 0.15) is 17.3 Å². The van der Waals surface area contributed by atoms with Crippen LogP contribution in [0, 0.1) is 5.82 Å². The van der Waals surface area contributed by atoms with Gasteiger partial charge < -0.3 is 14.8 Å². The van der Waals surface area contributed by atoms with Gasteiger partial charge in [0.2, 0.25) is 5.91 Å². The summed E-state index contributed by atoms with van der Waals surface area (Å²) >= 11 is 11.0. The minimum atomic E-state index is -0.545. The van der Waals surface area contributed by atoms with Crippen LogP contribution in [0.2, 0.25) is 5.02 Å². The third-order valence-electron chi connectivity index (χ3n) is 3.32. The fourth-order valence-electron chi connectivity index (χ4n) is 2.07. The van der Waals surface area contributed by atoms with Gasteiger partial charge in [-0.1, -0.05) is 17.7 Å². The summed E-state index contributed by atoms with van der Waals surface area (Å²) in [5.41, 5.74) is 5.64. The van der Waals surface area contributed by atoms with Crippen LogP contribution in [0.1, 0.15) is 5.56 Å². The van der Waals surface area contributed by atoms with Crippen molar-refractivity contribution in [1.82, 2.24) is 10.9 Å². The smallest absolute Gasteiger partial charge is 0.242 e. The Kier molecular flexibility index (Phi) is 6.99. The number of anilines is 1. The monoisotopic (exact) mass is 397 g/mol. The lowest BCUT2D eigenvalue weighted by Crippen LogP contribution is -2.44. The number of hydrogen-bond donors (Lipinski definition) is 3. The standard InChI is InChI=1S/C17H17ClFN3O3S/c1-24-11-6-10(7-12(8-11)25-2)20-17(26)22-21-16(23)9-13-14(18)4-3-5-15(13)19/h3-8H,9H2,1-2H3,(H,21,23)(H2,20,22,26). The summed E-state index contributed by atoms with van der Waals surface area (Å²) < 4.78 is 24.0. The SMILES string of the molecule is COc1cc(NC(=S)NNC(=O)Cc2c(F)cccc2Cl)cc(OC)c1. The third kappa shape index (κ3) is 5.47. The molecule has 3 N–H and O–H groups in total. The number of nitrogens with one attached hydrogen (secondary N) is 3. The van der Waals surface area contributed by atoms with Gasteiger partial charge in [0.05, 0.1) is 20.6 Å². The number of benzene rings is 2. The summed E-state index contributed by atoms with van der Waals surface area (Å²) in [6.45, 7) is 0. The number of carbonyl (C=O) groups excluding carboxylic acids is 1. The maximum Gasteiger partial charge on any atom is 0.242 e. The Bertz CT molecular complexity index is 777. The Hall–Kier alpha value is -2.58. The fourth-order valence-corrected chi connectivity index (χ4v) is 2.47. The summed E-state index contributed by atoms with van der Waals surface area (Å²) in [7, 11) is 3.06. The first-order valence-corrected chi connectivity index (χ1v) is 8.23. The molecule has 0 aliphatic carbocycles. The number of thiocarbonyl (C=S) groups is 1. The molecule has 2 aromatic carbocycles. The minimum Gasteiger partial charge on any atom is -0.497 e. The zero-order chi connectivity index (χ0) is 19.1. The molecule has 0 heterocycles. The Morgan fingerprint density at radius 3 is 2.38 bits per heavy atom. The first-order chi connectivity index (χ1) is 12.4. The number of halogens is 2. The average Bonchev–Trinajstić information content (AvgIpc) is 2.62. The quantitative estimate of drug-likeness (QED) is 0.532. The normalized spacial score (nSPS) is 10.0. The first-order valence-electron chi connectivity index (χ1n) is 7.44. The molecule has 1 amide bonds. The van der Waals surface area contributed by atoms with Crippen molar-refractivity contribution in [1.29, 1.82) is 0 Å². The zero-order valence-corrected chi connectivity index (χ0v) is 15.6. The maximum absolute atomic E-state index is 13.7. The van der Waals surface area contributed by atoms with Crippen LogP contribution in [0.4, 0.5) is 10.1 Å².